The number of carbonyl (C=O) groups is 2. The topological polar surface area (TPSA) is 67.9 Å². The van der Waals surface area contributed by atoms with E-state index < -0.39 is 5.54 Å². The Balaban J connectivity index is 1.64. The molecule has 0 spiro atoms. The number of ketones is 1. The summed E-state index contributed by atoms with van der Waals surface area (Å²) in [5, 5.41) is 3.20. The quantitative estimate of drug-likeness (QED) is 0.568. The van der Waals surface area contributed by atoms with Gasteiger partial charge in [0, 0.05) is 31.7 Å². The van der Waals surface area contributed by atoms with Crippen molar-refractivity contribution in [2.24, 2.45) is 0 Å². The third kappa shape index (κ3) is 5.75. The largest absolute Gasteiger partial charge is 0.492 e. The zero-order valence-electron chi connectivity index (χ0n) is 19.3. The number of likely N-dealkylation sites (N-methyl/N-ethyl adjacent to an activating group) is 1. The Bertz CT molecular complexity index is 876. The summed E-state index contributed by atoms with van der Waals surface area (Å²) in [5.41, 5.74) is 1.04. The van der Waals surface area contributed by atoms with Crippen LogP contribution in [0.2, 0.25) is 0 Å². The van der Waals surface area contributed by atoms with Gasteiger partial charge in [0.15, 0.2) is 5.78 Å². The highest BCUT2D eigenvalue weighted by Crippen LogP contribution is 2.28. The van der Waals surface area contributed by atoms with E-state index in [1.165, 1.54) is 0 Å². The Morgan fingerprint density at radius 3 is 2.38 bits per heavy atom. The number of benzene rings is 2. The van der Waals surface area contributed by atoms with Crippen LogP contribution in [0.15, 0.2) is 54.6 Å². The lowest BCUT2D eigenvalue weighted by Crippen LogP contribution is -2.61. The van der Waals surface area contributed by atoms with Crippen molar-refractivity contribution in [3.05, 3.63) is 65.7 Å². The van der Waals surface area contributed by atoms with Crippen LogP contribution in [-0.4, -0.2) is 55.5 Å². The van der Waals surface area contributed by atoms with Crippen LogP contribution >= 0.6 is 0 Å². The Morgan fingerprint density at radius 2 is 1.75 bits per heavy atom. The number of ether oxygens (including phenoxy) is 2. The molecule has 0 unspecified atom stereocenters. The van der Waals surface area contributed by atoms with Gasteiger partial charge < -0.3 is 14.8 Å². The first kappa shape index (κ1) is 24.0. The standard InChI is InChI=1S/C26H34N2O4/c1-4-24(29)22-12-10-21(11-13-22)20(2)27-25(30)26(14-17-31-18-15-26)28(3)16-19-32-23-8-6-5-7-9-23/h5-13,20H,4,14-19H2,1-3H3,(H,27,30)/t20-/m0/s1. The van der Waals surface area contributed by atoms with Crippen molar-refractivity contribution in [3.8, 4) is 5.75 Å². The zero-order chi connectivity index (χ0) is 23.0. The average molecular weight is 439 g/mol. The number of Topliss-reactive ketones (excluding diaryl/α,β-unsaturated/α-hetero) is 1. The molecule has 6 nitrogen and oxygen atoms in total. The number of nitrogens with one attached hydrogen (secondary N) is 1. The molecule has 1 fully saturated rings. The van der Waals surface area contributed by atoms with Crippen LogP contribution in [-0.2, 0) is 9.53 Å². The van der Waals surface area contributed by atoms with Gasteiger partial charge in [0.2, 0.25) is 5.91 Å². The number of para-hydroxylation sites is 1. The van der Waals surface area contributed by atoms with Gasteiger partial charge in [-0.25, -0.2) is 0 Å². The fourth-order valence-corrected chi connectivity index (χ4v) is 4.10. The molecule has 0 aliphatic carbocycles. The molecule has 0 bridgehead atoms. The summed E-state index contributed by atoms with van der Waals surface area (Å²) >= 11 is 0. The molecule has 2 aromatic rings. The van der Waals surface area contributed by atoms with E-state index >= 15 is 0 Å². The molecule has 1 atom stereocenters. The molecule has 172 valence electrons. The third-order valence-electron chi connectivity index (χ3n) is 6.31. The molecule has 0 saturated carbocycles. The lowest BCUT2D eigenvalue weighted by molar-refractivity contribution is -0.140. The summed E-state index contributed by atoms with van der Waals surface area (Å²) in [5.74, 6) is 0.947. The normalized spacial score (nSPS) is 16.4. The Kier molecular flexibility index (Phi) is 8.42. The molecule has 1 heterocycles. The summed E-state index contributed by atoms with van der Waals surface area (Å²) in [7, 11) is 1.98. The third-order valence-corrected chi connectivity index (χ3v) is 6.31. The monoisotopic (exact) mass is 438 g/mol. The Hall–Kier alpha value is -2.70. The summed E-state index contributed by atoms with van der Waals surface area (Å²) in [6, 6.07) is 17.0. The molecule has 1 aliphatic rings. The van der Waals surface area contributed by atoms with E-state index in [1.54, 1.807) is 0 Å². The van der Waals surface area contributed by atoms with Gasteiger partial charge in [-0.1, -0.05) is 49.4 Å². The molecule has 1 aliphatic heterocycles. The van der Waals surface area contributed by atoms with E-state index in [0.717, 1.165) is 11.3 Å². The van der Waals surface area contributed by atoms with E-state index in [0.29, 0.717) is 51.2 Å². The summed E-state index contributed by atoms with van der Waals surface area (Å²) < 4.78 is 11.4. The predicted octanol–water partition coefficient (Wildman–Crippen LogP) is 4.02. The van der Waals surface area contributed by atoms with Crippen molar-refractivity contribution in [2.75, 3.05) is 33.4 Å². The molecule has 6 heteroatoms. The first-order chi connectivity index (χ1) is 15.5. The molecule has 0 aromatic heterocycles. The maximum Gasteiger partial charge on any atom is 0.241 e. The summed E-state index contributed by atoms with van der Waals surface area (Å²) in [6.07, 6.45) is 1.76. The van der Waals surface area contributed by atoms with Crippen LogP contribution in [0, 0.1) is 0 Å². The average Bonchev–Trinajstić information content (AvgIpc) is 2.84. The van der Waals surface area contributed by atoms with E-state index in [4.69, 9.17) is 9.47 Å². The molecule has 3 rings (SSSR count). The number of rotatable bonds is 10. The second-order valence-corrected chi connectivity index (χ2v) is 8.32. The number of hydrogen-bond donors (Lipinski definition) is 1. The van der Waals surface area contributed by atoms with Gasteiger partial charge in [0.25, 0.3) is 0 Å². The first-order valence-corrected chi connectivity index (χ1v) is 11.4. The van der Waals surface area contributed by atoms with Gasteiger partial charge in [-0.05, 0) is 44.5 Å². The highest BCUT2D eigenvalue weighted by Gasteiger charge is 2.44. The van der Waals surface area contributed by atoms with Crippen molar-refractivity contribution in [1.29, 1.82) is 0 Å². The van der Waals surface area contributed by atoms with Crippen LogP contribution in [0.25, 0.3) is 0 Å². The minimum absolute atomic E-state index is 0.00391. The summed E-state index contributed by atoms with van der Waals surface area (Å²) in [4.78, 5) is 27.5. The van der Waals surface area contributed by atoms with Crippen molar-refractivity contribution >= 4 is 11.7 Å². The number of amides is 1. The first-order valence-electron chi connectivity index (χ1n) is 11.4. The lowest BCUT2D eigenvalue weighted by atomic mass is 9.86. The molecule has 0 radical (unpaired) electrons. The molecular formula is C26H34N2O4. The van der Waals surface area contributed by atoms with Gasteiger partial charge in [0.1, 0.15) is 17.9 Å². The minimum Gasteiger partial charge on any atom is -0.492 e. The van der Waals surface area contributed by atoms with E-state index in [-0.39, 0.29) is 17.7 Å². The molecule has 32 heavy (non-hydrogen) atoms. The molecular weight excluding hydrogens is 404 g/mol. The number of carbonyl (C=O) groups excluding carboxylic acids is 2. The maximum absolute atomic E-state index is 13.5. The predicted molar refractivity (Wildman–Crippen MR) is 125 cm³/mol. The SMILES string of the molecule is CCC(=O)c1ccc([C@H](C)NC(=O)C2(N(C)CCOc3ccccc3)CCOCC2)cc1. The van der Waals surface area contributed by atoms with Crippen molar-refractivity contribution < 1.29 is 19.1 Å². The van der Waals surface area contributed by atoms with Gasteiger partial charge in [-0.2, -0.15) is 0 Å². The Morgan fingerprint density at radius 1 is 1.09 bits per heavy atom. The molecule has 1 N–H and O–H groups in total. The highest BCUT2D eigenvalue weighted by molar-refractivity contribution is 5.95. The fraction of sp³-hybridized carbons (Fsp3) is 0.462. The second kappa shape index (κ2) is 11.2. The van der Waals surface area contributed by atoms with Crippen LogP contribution < -0.4 is 10.1 Å². The van der Waals surface area contributed by atoms with Gasteiger partial charge >= 0.3 is 0 Å². The zero-order valence-corrected chi connectivity index (χ0v) is 19.3. The van der Waals surface area contributed by atoms with Gasteiger partial charge in [0.05, 0.1) is 6.04 Å². The van der Waals surface area contributed by atoms with E-state index in [2.05, 4.69) is 10.2 Å². The molecule has 1 amide bonds. The fourth-order valence-electron chi connectivity index (χ4n) is 4.10. The number of hydrogen-bond acceptors (Lipinski definition) is 5. The Labute approximate surface area is 190 Å². The lowest BCUT2D eigenvalue weighted by Gasteiger charge is -2.43. The second-order valence-electron chi connectivity index (χ2n) is 8.32. The van der Waals surface area contributed by atoms with Crippen molar-refractivity contribution in [3.63, 3.8) is 0 Å². The maximum atomic E-state index is 13.5. The van der Waals surface area contributed by atoms with Gasteiger partial charge in [-0.3, -0.25) is 14.5 Å². The van der Waals surface area contributed by atoms with Crippen LogP contribution in [0.5, 0.6) is 5.75 Å². The van der Waals surface area contributed by atoms with E-state index in [1.807, 2.05) is 75.5 Å². The van der Waals surface area contributed by atoms with E-state index in [9.17, 15) is 9.59 Å². The highest BCUT2D eigenvalue weighted by atomic mass is 16.5. The summed E-state index contributed by atoms with van der Waals surface area (Å²) in [6.45, 7) is 6.07. The van der Waals surface area contributed by atoms with Crippen LogP contribution in [0.3, 0.4) is 0 Å². The van der Waals surface area contributed by atoms with Crippen molar-refractivity contribution in [1.82, 2.24) is 10.2 Å². The minimum atomic E-state index is -0.634. The molecule has 1 saturated heterocycles. The number of nitrogens with zero attached hydrogens (tertiary/aromatic N) is 1. The smallest absolute Gasteiger partial charge is 0.241 e. The van der Waals surface area contributed by atoms with Gasteiger partial charge in [-0.15, -0.1) is 0 Å². The van der Waals surface area contributed by atoms with Crippen LogP contribution in [0.1, 0.15) is 55.1 Å². The van der Waals surface area contributed by atoms with Crippen LogP contribution in [0.4, 0.5) is 0 Å². The van der Waals surface area contributed by atoms with Crippen molar-refractivity contribution in [2.45, 2.75) is 44.7 Å². The molecule has 2 aromatic carbocycles.